The van der Waals surface area contributed by atoms with Crippen molar-refractivity contribution in [2.75, 3.05) is 6.61 Å². The molecule has 0 spiro atoms. The monoisotopic (exact) mass is 401 g/mol. The van der Waals surface area contributed by atoms with Crippen molar-refractivity contribution in [2.24, 2.45) is 0 Å². The van der Waals surface area contributed by atoms with Crippen molar-refractivity contribution in [3.05, 3.63) is 46.0 Å². The van der Waals surface area contributed by atoms with Crippen molar-refractivity contribution in [3.8, 4) is 0 Å². The zero-order chi connectivity index (χ0) is 13.4. The average Bonchev–Trinajstić information content (AvgIpc) is 1.81. The summed E-state index contributed by atoms with van der Waals surface area (Å²) in [4.78, 5) is 24.8. The second kappa shape index (κ2) is 29.2. The van der Waals surface area contributed by atoms with Gasteiger partial charge in [-0.3, -0.25) is 0 Å². The zero-order valence-corrected chi connectivity index (χ0v) is 9.23. The summed E-state index contributed by atoms with van der Waals surface area (Å²) < 4.78 is 0. The van der Waals surface area contributed by atoms with E-state index in [9.17, 15) is 0 Å². The van der Waals surface area contributed by atoms with E-state index >= 15 is 0 Å². The summed E-state index contributed by atoms with van der Waals surface area (Å²) in [6, 6.07) is 0. The molecule has 0 heterocycles. The van der Waals surface area contributed by atoms with E-state index in [-0.39, 0.29) is 43.5 Å². The van der Waals surface area contributed by atoms with Gasteiger partial charge < -0.3 is 51.1 Å². The molecule has 0 rings (SSSR count). The standard InChI is InChI=1S/C2H6O.3NO3.Tm/c1-2-3;3*2-1(3)4;/h3H,2H2,1H3;;;;/q;3*-1;+3. The summed E-state index contributed by atoms with van der Waals surface area (Å²) in [5.74, 6) is 0. The Labute approximate surface area is 116 Å². The average molecular weight is 401 g/mol. The Morgan fingerprint density at radius 2 is 0.812 bits per heavy atom. The topological polar surface area (TPSA) is 219 Å². The Balaban J connectivity index is -0.0000000331. The first-order valence-corrected chi connectivity index (χ1v) is 2.67. The van der Waals surface area contributed by atoms with Crippen LogP contribution in [0.4, 0.5) is 0 Å². The molecule has 14 heteroatoms. The molecule has 0 atom stereocenters. The van der Waals surface area contributed by atoms with Gasteiger partial charge in [0.1, 0.15) is 0 Å². The number of rotatable bonds is 0. The van der Waals surface area contributed by atoms with E-state index in [0.29, 0.717) is 0 Å². The molecule has 0 amide bonds. The van der Waals surface area contributed by atoms with Crippen LogP contribution in [0.1, 0.15) is 6.92 Å². The number of nitrogens with zero attached hydrogens (tertiary/aromatic N) is 3. The Bertz CT molecular complexity index is 133. The third kappa shape index (κ3) is 1220. The van der Waals surface area contributed by atoms with Gasteiger partial charge in [-0.25, -0.2) is 0 Å². The summed E-state index contributed by atoms with van der Waals surface area (Å²) in [5.41, 5.74) is 0. The SMILES string of the molecule is CCO.O=[N+]([O-])[O-].O=[N+]([O-])[O-].O=[N+]([O-])[O-].[Tm+3]. The van der Waals surface area contributed by atoms with Crippen molar-refractivity contribution in [2.45, 2.75) is 6.92 Å². The van der Waals surface area contributed by atoms with E-state index in [0.717, 1.165) is 0 Å². The van der Waals surface area contributed by atoms with Gasteiger partial charge in [0, 0.05) is 6.61 Å². The summed E-state index contributed by atoms with van der Waals surface area (Å²) in [6.07, 6.45) is 0. The van der Waals surface area contributed by atoms with E-state index < -0.39 is 15.3 Å². The molecular weight excluding hydrogens is 395 g/mol. The Kier molecular flexibility index (Phi) is 53.5. The molecule has 0 bridgehead atoms. The molecule has 0 aliphatic carbocycles. The van der Waals surface area contributed by atoms with Crippen molar-refractivity contribution in [3.63, 3.8) is 0 Å². The molecule has 0 aromatic rings. The van der Waals surface area contributed by atoms with Crippen LogP contribution in [0.3, 0.4) is 0 Å². The second-order valence-electron chi connectivity index (χ2n) is 0.987. The molecule has 0 saturated heterocycles. The maximum atomic E-state index is 8.25. The molecule has 13 nitrogen and oxygen atoms in total. The predicted octanol–water partition coefficient (Wildman–Crippen LogP) is -0.719. The first-order valence-electron chi connectivity index (χ1n) is 2.67. The molecule has 0 aromatic carbocycles. The third-order valence-electron chi connectivity index (χ3n) is 0. The fraction of sp³-hybridized carbons (Fsp3) is 1.00. The molecule has 0 aromatic heterocycles. The normalized spacial score (nSPS) is 5.62. The van der Waals surface area contributed by atoms with E-state index in [1.165, 1.54) is 0 Å². The quantitative estimate of drug-likeness (QED) is 0.396. The maximum absolute atomic E-state index is 8.25. The maximum Gasteiger partial charge on any atom is 3.00 e. The fourth-order valence-electron chi connectivity index (χ4n) is 0. The number of aliphatic hydroxyl groups is 1. The number of hydrogen-bond acceptors (Lipinski definition) is 10. The summed E-state index contributed by atoms with van der Waals surface area (Å²) >= 11 is 0. The van der Waals surface area contributed by atoms with Crippen LogP contribution in [0.15, 0.2) is 0 Å². The largest absolute Gasteiger partial charge is 3.00 e. The van der Waals surface area contributed by atoms with Gasteiger partial charge in [-0.2, -0.15) is 0 Å². The predicted molar refractivity (Wildman–Crippen MR) is 43.8 cm³/mol. The van der Waals surface area contributed by atoms with E-state index in [1.54, 1.807) is 6.92 Å². The van der Waals surface area contributed by atoms with Crippen LogP contribution in [0, 0.1) is 82.8 Å². The van der Waals surface area contributed by atoms with Gasteiger partial charge >= 0.3 is 36.9 Å². The molecule has 0 radical (unpaired) electrons. The Morgan fingerprint density at radius 1 is 0.812 bits per heavy atom. The van der Waals surface area contributed by atoms with Crippen LogP contribution in [0.25, 0.3) is 0 Å². The van der Waals surface area contributed by atoms with Crippen molar-refractivity contribution < 1.29 is 57.2 Å². The van der Waals surface area contributed by atoms with Crippen molar-refractivity contribution in [1.29, 1.82) is 0 Å². The fourth-order valence-corrected chi connectivity index (χ4v) is 0. The van der Waals surface area contributed by atoms with Gasteiger partial charge in [0.15, 0.2) is 0 Å². The van der Waals surface area contributed by atoms with Gasteiger partial charge in [-0.05, 0) is 6.92 Å². The summed E-state index contributed by atoms with van der Waals surface area (Å²) in [7, 11) is 0. The van der Waals surface area contributed by atoms with Gasteiger partial charge in [0.25, 0.3) is 0 Å². The molecule has 102 valence electrons. The Morgan fingerprint density at radius 3 is 0.812 bits per heavy atom. The molecule has 0 aliphatic rings. The van der Waals surface area contributed by atoms with Crippen LogP contribution >= 0.6 is 0 Å². The second-order valence-corrected chi connectivity index (χ2v) is 0.987. The van der Waals surface area contributed by atoms with E-state index in [2.05, 4.69) is 0 Å². The number of aliphatic hydroxyl groups excluding tert-OH is 1. The number of hydrogen-bond donors (Lipinski definition) is 1. The van der Waals surface area contributed by atoms with E-state index in [1.807, 2.05) is 0 Å². The molecule has 16 heavy (non-hydrogen) atoms. The van der Waals surface area contributed by atoms with E-state index in [4.69, 9.17) is 51.1 Å². The molecule has 0 fully saturated rings. The molecule has 0 unspecified atom stereocenters. The van der Waals surface area contributed by atoms with Crippen molar-refractivity contribution in [1.82, 2.24) is 0 Å². The van der Waals surface area contributed by atoms with Gasteiger partial charge in [-0.1, -0.05) is 0 Å². The van der Waals surface area contributed by atoms with Crippen LogP contribution in [0.5, 0.6) is 0 Å². The third-order valence-corrected chi connectivity index (χ3v) is 0. The van der Waals surface area contributed by atoms with Crippen LogP contribution < -0.4 is 0 Å². The molecule has 0 aliphatic heterocycles. The molecule has 1 N–H and O–H groups in total. The van der Waals surface area contributed by atoms with Gasteiger partial charge in [-0.15, -0.1) is 0 Å². The van der Waals surface area contributed by atoms with Crippen LogP contribution in [-0.4, -0.2) is 27.0 Å². The molecule has 0 saturated carbocycles. The summed E-state index contributed by atoms with van der Waals surface area (Å²) in [5, 5.41) is 51.8. The molecular formula is C2H6N3O10Tm. The van der Waals surface area contributed by atoms with Gasteiger partial charge in [0.2, 0.25) is 0 Å². The zero-order valence-electron chi connectivity index (χ0n) is 7.45. The Hall–Kier alpha value is -1.21. The minimum absolute atomic E-state index is 0. The minimum Gasteiger partial charge on any atom is -0.397 e. The first kappa shape index (κ1) is 29.3. The summed E-state index contributed by atoms with van der Waals surface area (Å²) in [6.45, 7) is 1.93. The van der Waals surface area contributed by atoms with Crippen molar-refractivity contribution >= 4 is 0 Å². The van der Waals surface area contributed by atoms with Crippen LogP contribution in [0.2, 0.25) is 0 Å². The van der Waals surface area contributed by atoms with Crippen LogP contribution in [-0.2, 0) is 0 Å². The van der Waals surface area contributed by atoms with Gasteiger partial charge in [0.05, 0.1) is 15.3 Å². The minimum atomic E-state index is -1.75. The first-order chi connectivity index (χ1) is 6.61. The smallest absolute Gasteiger partial charge is 0.397 e.